The van der Waals surface area contributed by atoms with E-state index < -0.39 is 0 Å². The zero-order chi connectivity index (χ0) is 11.2. The first-order chi connectivity index (χ1) is 7.86. The van der Waals surface area contributed by atoms with Crippen molar-refractivity contribution in [2.75, 3.05) is 45.8 Å². The minimum Gasteiger partial charge on any atom is -0.338 e. The maximum absolute atomic E-state index is 12.1. The van der Waals surface area contributed by atoms with Crippen LogP contribution in [0, 0.1) is 0 Å². The van der Waals surface area contributed by atoms with Crippen LogP contribution in [0.3, 0.4) is 0 Å². The van der Waals surface area contributed by atoms with Crippen LogP contribution >= 0.6 is 0 Å². The summed E-state index contributed by atoms with van der Waals surface area (Å²) >= 11 is 0. The van der Waals surface area contributed by atoms with Gasteiger partial charge in [0.2, 0.25) is 0 Å². The fraction of sp³-hybridized carbons (Fsp3) is 0.917. The number of nitrogens with zero attached hydrogens (tertiary/aromatic N) is 1. The normalized spacial score (nSPS) is 24.1. The van der Waals surface area contributed by atoms with E-state index in [0.29, 0.717) is 5.91 Å². The van der Waals surface area contributed by atoms with Crippen LogP contribution in [0.4, 0.5) is 0 Å². The lowest BCUT2D eigenvalue weighted by molar-refractivity contribution is -0.940. The highest BCUT2D eigenvalue weighted by molar-refractivity contribution is 5.77. The fourth-order valence-electron chi connectivity index (χ4n) is 2.70. The van der Waals surface area contributed by atoms with Crippen LogP contribution in [0.15, 0.2) is 0 Å². The van der Waals surface area contributed by atoms with Crippen molar-refractivity contribution in [3.8, 4) is 0 Å². The third-order valence-electron chi connectivity index (χ3n) is 3.76. The summed E-state index contributed by atoms with van der Waals surface area (Å²) < 4.78 is 0. The molecule has 0 aromatic rings. The molecule has 2 heterocycles. The van der Waals surface area contributed by atoms with E-state index in [0.717, 1.165) is 32.7 Å². The van der Waals surface area contributed by atoms with Crippen LogP contribution in [0.2, 0.25) is 0 Å². The molecule has 0 aliphatic carbocycles. The first-order valence-electron chi connectivity index (χ1n) is 6.79. The van der Waals surface area contributed by atoms with Crippen molar-refractivity contribution in [1.29, 1.82) is 0 Å². The van der Waals surface area contributed by atoms with Crippen LogP contribution in [-0.4, -0.2) is 56.6 Å². The molecule has 3 N–H and O–H groups in total. The maximum Gasteiger partial charge on any atom is 0.277 e. The number of hydrogen-bond acceptors (Lipinski definition) is 1. The predicted molar refractivity (Wildman–Crippen MR) is 62.3 cm³/mol. The van der Waals surface area contributed by atoms with Crippen LogP contribution < -0.4 is 10.2 Å². The Morgan fingerprint density at radius 3 is 2.31 bits per heavy atom. The number of quaternary nitrogens is 2. The van der Waals surface area contributed by atoms with E-state index >= 15 is 0 Å². The van der Waals surface area contributed by atoms with Crippen molar-refractivity contribution in [2.24, 2.45) is 0 Å². The monoisotopic (exact) mass is 227 g/mol. The van der Waals surface area contributed by atoms with Gasteiger partial charge in [0.05, 0.1) is 0 Å². The molecule has 0 saturated carbocycles. The van der Waals surface area contributed by atoms with Crippen molar-refractivity contribution >= 4 is 5.91 Å². The second-order valence-corrected chi connectivity index (χ2v) is 5.09. The Balaban J connectivity index is 1.76. The lowest BCUT2D eigenvalue weighted by Gasteiger charge is -2.25. The molecule has 1 amide bonds. The van der Waals surface area contributed by atoms with E-state index in [2.05, 4.69) is 10.2 Å². The molecule has 0 aromatic heterocycles. The van der Waals surface area contributed by atoms with Gasteiger partial charge in [-0.05, 0) is 12.8 Å². The van der Waals surface area contributed by atoms with E-state index in [9.17, 15) is 4.79 Å². The molecule has 0 unspecified atom stereocenters. The molecule has 2 aliphatic heterocycles. The average molecular weight is 227 g/mol. The number of carbonyl (C=O) groups is 1. The van der Waals surface area contributed by atoms with E-state index in [-0.39, 0.29) is 0 Å². The summed E-state index contributed by atoms with van der Waals surface area (Å²) in [6.07, 6.45) is 5.01. The van der Waals surface area contributed by atoms with Crippen LogP contribution in [0.1, 0.15) is 25.7 Å². The quantitative estimate of drug-likeness (QED) is 0.555. The average Bonchev–Trinajstić information content (AvgIpc) is 2.59. The first-order valence-corrected chi connectivity index (χ1v) is 6.79. The van der Waals surface area contributed by atoms with E-state index in [1.165, 1.54) is 43.7 Å². The number of nitrogens with one attached hydrogen (secondary N) is 1. The Morgan fingerprint density at radius 2 is 1.69 bits per heavy atom. The molecule has 0 atom stereocenters. The number of nitrogens with two attached hydrogens (primary N) is 1. The highest BCUT2D eigenvalue weighted by Crippen LogP contribution is 2.08. The van der Waals surface area contributed by atoms with Gasteiger partial charge in [-0.2, -0.15) is 0 Å². The summed E-state index contributed by atoms with van der Waals surface area (Å²) in [5.41, 5.74) is 0. The molecule has 0 bridgehead atoms. The number of amides is 1. The summed E-state index contributed by atoms with van der Waals surface area (Å²) in [5.74, 6) is 0.388. The highest BCUT2D eigenvalue weighted by atomic mass is 16.2. The van der Waals surface area contributed by atoms with Gasteiger partial charge in [0, 0.05) is 13.1 Å². The van der Waals surface area contributed by atoms with Crippen LogP contribution in [-0.2, 0) is 4.79 Å². The summed E-state index contributed by atoms with van der Waals surface area (Å²) in [7, 11) is 0. The van der Waals surface area contributed by atoms with Gasteiger partial charge < -0.3 is 15.1 Å². The van der Waals surface area contributed by atoms with Gasteiger partial charge in [0.1, 0.15) is 26.2 Å². The topological polar surface area (TPSA) is 41.4 Å². The van der Waals surface area contributed by atoms with Gasteiger partial charge >= 0.3 is 0 Å². The van der Waals surface area contributed by atoms with Gasteiger partial charge in [-0.1, -0.05) is 12.8 Å². The second-order valence-electron chi connectivity index (χ2n) is 5.09. The SMILES string of the molecule is O=C(C[NH+]1CC[NH2+]CC1)N1CCCCCC1. The zero-order valence-electron chi connectivity index (χ0n) is 10.2. The van der Waals surface area contributed by atoms with Gasteiger partial charge in [-0.15, -0.1) is 0 Å². The third kappa shape index (κ3) is 3.46. The smallest absolute Gasteiger partial charge is 0.277 e. The molecule has 0 radical (unpaired) electrons. The molecule has 16 heavy (non-hydrogen) atoms. The summed E-state index contributed by atoms with van der Waals surface area (Å²) in [5, 5.41) is 2.35. The lowest BCUT2D eigenvalue weighted by Crippen LogP contribution is -3.21. The Morgan fingerprint density at radius 1 is 1.06 bits per heavy atom. The molecule has 0 spiro atoms. The number of rotatable bonds is 2. The number of hydrogen-bond donors (Lipinski definition) is 2. The molecule has 2 rings (SSSR count). The van der Waals surface area contributed by atoms with Crippen LogP contribution in [0.25, 0.3) is 0 Å². The summed E-state index contributed by atoms with van der Waals surface area (Å²) in [4.78, 5) is 15.7. The zero-order valence-corrected chi connectivity index (χ0v) is 10.2. The first kappa shape index (κ1) is 11.9. The minimum atomic E-state index is 0.388. The molecule has 0 aromatic carbocycles. The summed E-state index contributed by atoms with van der Waals surface area (Å²) in [6, 6.07) is 0. The fourth-order valence-corrected chi connectivity index (χ4v) is 2.70. The van der Waals surface area contributed by atoms with Gasteiger partial charge in [-0.3, -0.25) is 4.79 Å². The number of piperazine rings is 1. The summed E-state index contributed by atoms with van der Waals surface area (Å²) in [6.45, 7) is 7.40. The lowest BCUT2D eigenvalue weighted by atomic mass is 10.2. The number of carbonyl (C=O) groups excluding carboxylic acids is 1. The third-order valence-corrected chi connectivity index (χ3v) is 3.76. The Hall–Kier alpha value is -0.610. The largest absolute Gasteiger partial charge is 0.338 e. The molecule has 4 nitrogen and oxygen atoms in total. The van der Waals surface area contributed by atoms with Gasteiger partial charge in [0.25, 0.3) is 5.91 Å². The Labute approximate surface area is 98.0 Å². The van der Waals surface area contributed by atoms with Crippen molar-refractivity contribution in [3.63, 3.8) is 0 Å². The van der Waals surface area contributed by atoms with Crippen molar-refractivity contribution in [3.05, 3.63) is 0 Å². The van der Waals surface area contributed by atoms with Gasteiger partial charge in [-0.25, -0.2) is 0 Å². The van der Waals surface area contributed by atoms with E-state index in [1.807, 2.05) is 0 Å². The molecule has 2 aliphatic rings. The van der Waals surface area contributed by atoms with Gasteiger partial charge in [0.15, 0.2) is 6.54 Å². The predicted octanol–water partition coefficient (Wildman–Crippen LogP) is -2.15. The highest BCUT2D eigenvalue weighted by Gasteiger charge is 2.23. The Bertz CT molecular complexity index is 218. The van der Waals surface area contributed by atoms with E-state index in [1.54, 1.807) is 0 Å². The Kier molecular flexibility index (Phi) is 4.60. The van der Waals surface area contributed by atoms with Crippen LogP contribution in [0.5, 0.6) is 0 Å². The second kappa shape index (κ2) is 6.21. The number of likely N-dealkylation sites (tertiary alicyclic amines) is 1. The molecule has 2 saturated heterocycles. The molecular weight excluding hydrogens is 202 g/mol. The van der Waals surface area contributed by atoms with E-state index in [4.69, 9.17) is 0 Å². The van der Waals surface area contributed by atoms with Crippen molar-refractivity contribution in [1.82, 2.24) is 4.90 Å². The molecular formula is C12H25N3O+2. The van der Waals surface area contributed by atoms with Crippen molar-refractivity contribution < 1.29 is 15.0 Å². The van der Waals surface area contributed by atoms with Crippen molar-refractivity contribution in [2.45, 2.75) is 25.7 Å². The maximum atomic E-state index is 12.1. The minimum absolute atomic E-state index is 0.388. The molecule has 4 heteroatoms. The standard InChI is InChI=1S/C12H23N3O/c16-12(11-14-9-5-13-6-10-14)15-7-3-1-2-4-8-15/h13H,1-11H2/p+2. The molecule has 2 fully saturated rings. The molecule has 92 valence electrons.